The Bertz CT molecular complexity index is 1370. The molecule has 0 aliphatic rings. The number of H-pyrrole nitrogens is 1. The van der Waals surface area contributed by atoms with E-state index in [0.717, 1.165) is 7.05 Å². The third kappa shape index (κ3) is 5.39. The fourth-order valence-electron chi connectivity index (χ4n) is 3.13. The van der Waals surface area contributed by atoms with Gasteiger partial charge in [0, 0.05) is 19.8 Å². The lowest BCUT2D eigenvalue weighted by atomic mass is 10.2. The maximum atomic E-state index is 13.5. The summed E-state index contributed by atoms with van der Waals surface area (Å²) in [5.74, 6) is -1.39. The first-order valence-electron chi connectivity index (χ1n) is 9.88. The highest BCUT2D eigenvalue weighted by Gasteiger charge is 2.33. The Labute approximate surface area is 193 Å². The van der Waals surface area contributed by atoms with Gasteiger partial charge in [0.05, 0.1) is 4.90 Å². The number of rotatable bonds is 9. The van der Waals surface area contributed by atoms with Crippen molar-refractivity contribution in [1.82, 2.24) is 19.3 Å². The molecule has 0 spiro atoms. The number of aromatic amines is 1. The number of hydrogen-bond donors (Lipinski definition) is 3. The van der Waals surface area contributed by atoms with E-state index < -0.39 is 52.0 Å². The van der Waals surface area contributed by atoms with Crippen LogP contribution in [0.4, 0.5) is 4.39 Å². The largest absolute Gasteiger partial charge is 0.457 e. The zero-order valence-corrected chi connectivity index (χ0v) is 18.7. The average molecular weight is 492 g/mol. The third-order valence-corrected chi connectivity index (χ3v) is 6.86. The summed E-state index contributed by atoms with van der Waals surface area (Å²) in [7, 11) is -3.16. The van der Waals surface area contributed by atoms with E-state index in [1.54, 1.807) is 24.3 Å². The van der Waals surface area contributed by atoms with E-state index >= 15 is 0 Å². The first-order valence-corrected chi connectivity index (χ1v) is 11.3. The lowest BCUT2D eigenvalue weighted by Crippen LogP contribution is -2.48. The zero-order valence-electron chi connectivity index (χ0n) is 17.8. The molecular formula is C21H21FN4O7S. The van der Waals surface area contributed by atoms with Gasteiger partial charge in [0.2, 0.25) is 15.8 Å². The fourth-order valence-corrected chi connectivity index (χ4v) is 4.48. The molecule has 3 aromatic rings. The Kier molecular flexibility index (Phi) is 7.61. The number of amides is 1. The molecule has 0 saturated carbocycles. The van der Waals surface area contributed by atoms with Crippen LogP contribution in [0.15, 0.2) is 75.3 Å². The van der Waals surface area contributed by atoms with Crippen LogP contribution in [0.5, 0.6) is 11.5 Å². The minimum atomic E-state index is -4.26. The molecule has 11 nitrogen and oxygen atoms in total. The smallest absolute Gasteiger partial charge is 0.328 e. The van der Waals surface area contributed by atoms with Crippen LogP contribution in [0.1, 0.15) is 6.42 Å². The summed E-state index contributed by atoms with van der Waals surface area (Å²) in [6.45, 7) is -0.492. The van der Waals surface area contributed by atoms with Gasteiger partial charge in [-0.05, 0) is 42.8 Å². The third-order valence-electron chi connectivity index (χ3n) is 4.97. The number of carbonyl (C=O) groups is 1. The molecule has 1 atom stereocenters. The molecule has 0 saturated heterocycles. The zero-order chi connectivity index (χ0) is 24.9. The van der Waals surface area contributed by atoms with E-state index in [-0.39, 0.29) is 4.90 Å². The lowest BCUT2D eigenvalue weighted by molar-refractivity contribution is -0.133. The fraction of sp³-hybridized carbons (Fsp3) is 0.190. The molecule has 0 aliphatic carbocycles. The number of ether oxygens (including phenoxy) is 1. The number of nitrogens with zero attached hydrogens (tertiary/aromatic N) is 2. The van der Waals surface area contributed by atoms with E-state index in [4.69, 9.17) is 9.94 Å². The molecule has 3 N–H and O–H groups in total. The summed E-state index contributed by atoms with van der Waals surface area (Å²) in [4.78, 5) is 37.8. The van der Waals surface area contributed by atoms with E-state index in [1.165, 1.54) is 29.7 Å². The Balaban J connectivity index is 1.82. The van der Waals surface area contributed by atoms with Gasteiger partial charge in [-0.15, -0.1) is 0 Å². The Morgan fingerprint density at radius 2 is 1.76 bits per heavy atom. The Hall–Kier alpha value is -3.81. The van der Waals surface area contributed by atoms with Gasteiger partial charge in [0.15, 0.2) is 0 Å². The van der Waals surface area contributed by atoms with E-state index in [9.17, 15) is 27.2 Å². The number of likely N-dealkylation sites (N-methyl/N-ethyl adjacent to an activating group) is 1. The summed E-state index contributed by atoms with van der Waals surface area (Å²) in [6.07, 6.45) is 0.185. The minimum absolute atomic E-state index is 0.174. The van der Waals surface area contributed by atoms with Gasteiger partial charge in [-0.2, -0.15) is 8.70 Å². The summed E-state index contributed by atoms with van der Waals surface area (Å²) in [6, 6.07) is 12.7. The van der Waals surface area contributed by atoms with Crippen molar-refractivity contribution in [2.75, 3.05) is 7.05 Å². The second kappa shape index (κ2) is 10.4. The number of nitrogens with one attached hydrogen (secondary N) is 2. The predicted octanol–water partition coefficient (Wildman–Crippen LogP) is 1.05. The van der Waals surface area contributed by atoms with Crippen molar-refractivity contribution in [3.8, 4) is 11.5 Å². The first-order chi connectivity index (χ1) is 16.1. The van der Waals surface area contributed by atoms with Crippen LogP contribution in [0, 0.1) is 5.82 Å². The summed E-state index contributed by atoms with van der Waals surface area (Å²) in [5.41, 5.74) is -0.796. The number of benzene rings is 2. The lowest BCUT2D eigenvalue weighted by Gasteiger charge is -2.26. The quantitative estimate of drug-likeness (QED) is 0.298. The van der Waals surface area contributed by atoms with E-state index in [1.807, 2.05) is 11.1 Å². The molecule has 0 fully saturated rings. The number of aromatic nitrogens is 2. The monoisotopic (exact) mass is 492 g/mol. The van der Waals surface area contributed by atoms with Crippen molar-refractivity contribution in [3.63, 3.8) is 0 Å². The number of carbonyl (C=O) groups excluding carboxylic acids is 1. The number of sulfonamides is 1. The first kappa shape index (κ1) is 24.8. The maximum Gasteiger partial charge on any atom is 0.328 e. The Morgan fingerprint density at radius 1 is 1.15 bits per heavy atom. The maximum absolute atomic E-state index is 13.5. The molecule has 1 unspecified atom stereocenters. The van der Waals surface area contributed by atoms with Crippen LogP contribution in [-0.2, 0) is 21.4 Å². The second-order valence-electron chi connectivity index (χ2n) is 7.09. The average Bonchev–Trinajstić information content (AvgIpc) is 2.84. The van der Waals surface area contributed by atoms with Crippen molar-refractivity contribution >= 4 is 15.9 Å². The van der Waals surface area contributed by atoms with Gasteiger partial charge < -0.3 is 9.72 Å². The van der Waals surface area contributed by atoms with Crippen LogP contribution < -0.4 is 21.5 Å². The topological polar surface area (TPSA) is 151 Å². The van der Waals surface area contributed by atoms with Gasteiger partial charge in [-0.25, -0.2) is 18.7 Å². The van der Waals surface area contributed by atoms with Crippen LogP contribution in [-0.4, -0.2) is 46.5 Å². The molecule has 1 aromatic heterocycles. The molecule has 0 bridgehead atoms. The summed E-state index contributed by atoms with van der Waals surface area (Å²) >= 11 is 0. The number of hydroxylamine groups is 1. The van der Waals surface area contributed by atoms with Crippen LogP contribution in [0.3, 0.4) is 0 Å². The van der Waals surface area contributed by atoms with Gasteiger partial charge >= 0.3 is 5.69 Å². The molecule has 1 heterocycles. The van der Waals surface area contributed by atoms with Crippen molar-refractivity contribution in [1.29, 1.82) is 0 Å². The van der Waals surface area contributed by atoms with Gasteiger partial charge in [-0.1, -0.05) is 18.2 Å². The van der Waals surface area contributed by atoms with Crippen molar-refractivity contribution in [2.24, 2.45) is 0 Å². The molecule has 2 aromatic carbocycles. The molecule has 3 rings (SSSR count). The van der Waals surface area contributed by atoms with Crippen molar-refractivity contribution in [3.05, 3.63) is 87.4 Å². The van der Waals surface area contributed by atoms with Crippen LogP contribution >= 0.6 is 0 Å². The van der Waals surface area contributed by atoms with Gasteiger partial charge in [-0.3, -0.25) is 19.4 Å². The second-order valence-corrected chi connectivity index (χ2v) is 9.08. The molecule has 13 heteroatoms. The van der Waals surface area contributed by atoms with Gasteiger partial charge in [0.1, 0.15) is 17.5 Å². The standard InChI is InChI=1S/C21H21FN4O7S/c1-25(18(19(27)24-30)11-12-26-20(28)17(22)13-23-21(26)29)34(31,32)16-9-7-15(8-10-16)33-14-5-3-2-4-6-14/h2-10,13,18,30H,11-12H2,1H3,(H,23,29)(H,24,27). The van der Waals surface area contributed by atoms with E-state index in [0.29, 0.717) is 26.6 Å². The molecular weight excluding hydrogens is 471 g/mol. The molecule has 180 valence electrons. The minimum Gasteiger partial charge on any atom is -0.457 e. The van der Waals surface area contributed by atoms with Crippen LogP contribution in [0.25, 0.3) is 0 Å². The van der Waals surface area contributed by atoms with E-state index in [2.05, 4.69) is 0 Å². The molecule has 0 aliphatic heterocycles. The summed E-state index contributed by atoms with van der Waals surface area (Å²) < 4.78 is 46.5. The van der Waals surface area contributed by atoms with Gasteiger partial charge in [0.25, 0.3) is 11.5 Å². The normalized spacial score (nSPS) is 12.4. The number of halogens is 1. The number of hydrogen-bond acceptors (Lipinski definition) is 7. The molecule has 1 amide bonds. The summed E-state index contributed by atoms with van der Waals surface area (Å²) in [5, 5.41) is 9.08. The highest BCUT2D eigenvalue weighted by molar-refractivity contribution is 7.89. The van der Waals surface area contributed by atoms with Crippen LogP contribution in [0.2, 0.25) is 0 Å². The Morgan fingerprint density at radius 3 is 2.38 bits per heavy atom. The number of para-hydroxylation sites is 1. The molecule has 0 radical (unpaired) electrons. The highest BCUT2D eigenvalue weighted by Crippen LogP contribution is 2.25. The highest BCUT2D eigenvalue weighted by atomic mass is 32.2. The van der Waals surface area contributed by atoms with Crippen molar-refractivity contribution in [2.45, 2.75) is 23.9 Å². The van der Waals surface area contributed by atoms with Crippen molar-refractivity contribution < 1.29 is 27.5 Å². The molecule has 34 heavy (non-hydrogen) atoms. The predicted molar refractivity (Wildman–Crippen MR) is 118 cm³/mol. The SMILES string of the molecule is CN(C(CCn1c(=O)[nH]cc(F)c1=O)C(=O)NO)S(=O)(=O)c1ccc(Oc2ccccc2)cc1.